The molecule has 180 valence electrons. The second-order valence-corrected chi connectivity index (χ2v) is 9.19. The molecule has 3 amide bonds. The normalized spacial score (nSPS) is 19.0. The molecule has 0 radical (unpaired) electrons. The van der Waals surface area contributed by atoms with Crippen molar-refractivity contribution in [2.75, 3.05) is 56.0 Å². The molecule has 0 saturated carbocycles. The smallest absolute Gasteiger partial charge is 0.243 e. The molecule has 0 unspecified atom stereocenters. The van der Waals surface area contributed by atoms with Gasteiger partial charge in [-0.2, -0.15) is 0 Å². The summed E-state index contributed by atoms with van der Waals surface area (Å²) in [5.41, 5.74) is 2.84. The Labute approximate surface area is 204 Å². The number of anilines is 2. The van der Waals surface area contributed by atoms with E-state index in [1.54, 1.807) is 4.90 Å². The van der Waals surface area contributed by atoms with E-state index >= 15 is 0 Å². The Kier molecular flexibility index (Phi) is 7.70. The van der Waals surface area contributed by atoms with Crippen molar-refractivity contribution < 1.29 is 14.4 Å². The van der Waals surface area contributed by atoms with Crippen molar-refractivity contribution >= 4 is 40.7 Å². The maximum absolute atomic E-state index is 13.1. The molecule has 8 nitrogen and oxygen atoms in total. The molecule has 0 aliphatic carbocycles. The second-order valence-electron chi connectivity index (χ2n) is 8.76. The number of piperazine rings is 2. The molecule has 34 heavy (non-hydrogen) atoms. The Bertz CT molecular complexity index is 1040. The Morgan fingerprint density at radius 2 is 1.79 bits per heavy atom. The van der Waals surface area contributed by atoms with Gasteiger partial charge in [-0.1, -0.05) is 35.4 Å². The molecule has 2 aromatic carbocycles. The van der Waals surface area contributed by atoms with Gasteiger partial charge in [-0.3, -0.25) is 19.3 Å². The number of hydrogen-bond acceptors (Lipinski definition) is 5. The molecule has 2 saturated heterocycles. The summed E-state index contributed by atoms with van der Waals surface area (Å²) in [6, 6.07) is 14.4. The lowest BCUT2D eigenvalue weighted by Crippen LogP contribution is -2.60. The highest BCUT2D eigenvalue weighted by atomic mass is 35.5. The van der Waals surface area contributed by atoms with Gasteiger partial charge < -0.3 is 20.4 Å². The van der Waals surface area contributed by atoms with Gasteiger partial charge in [0.05, 0.1) is 13.0 Å². The van der Waals surface area contributed by atoms with Gasteiger partial charge in [-0.05, 0) is 37.3 Å². The molecule has 2 N–H and O–H groups in total. The minimum absolute atomic E-state index is 0.0754. The molecule has 0 spiro atoms. The van der Waals surface area contributed by atoms with Crippen LogP contribution in [0.15, 0.2) is 48.5 Å². The van der Waals surface area contributed by atoms with Gasteiger partial charge in [0.1, 0.15) is 6.04 Å². The van der Waals surface area contributed by atoms with E-state index in [2.05, 4.69) is 20.4 Å². The standard InChI is InChI=1S/C25H30ClN5O3/c1-18-5-7-20(8-6-18)28-23(32)16-22-25(34)27-9-10-31(22)24(33)17-29-11-13-30(14-12-29)21-4-2-3-19(26)15-21/h2-8,15,22H,9-14,16-17H2,1H3,(H,27,34)(H,28,32)/t22-/m0/s1. The zero-order valence-electron chi connectivity index (χ0n) is 19.3. The van der Waals surface area contributed by atoms with Gasteiger partial charge in [0.2, 0.25) is 17.7 Å². The van der Waals surface area contributed by atoms with Crippen LogP contribution in [-0.4, -0.2) is 79.4 Å². The first-order chi connectivity index (χ1) is 16.4. The maximum Gasteiger partial charge on any atom is 0.243 e. The second kappa shape index (κ2) is 10.9. The molecule has 2 aliphatic rings. The predicted molar refractivity (Wildman–Crippen MR) is 133 cm³/mol. The third kappa shape index (κ3) is 6.07. The van der Waals surface area contributed by atoms with E-state index < -0.39 is 6.04 Å². The van der Waals surface area contributed by atoms with Gasteiger partial charge in [-0.15, -0.1) is 0 Å². The van der Waals surface area contributed by atoms with Crippen molar-refractivity contribution in [3.8, 4) is 0 Å². The first-order valence-corrected chi connectivity index (χ1v) is 11.9. The molecule has 0 aromatic heterocycles. The summed E-state index contributed by atoms with van der Waals surface area (Å²) in [7, 11) is 0. The number of aryl methyl sites for hydroxylation is 1. The first-order valence-electron chi connectivity index (χ1n) is 11.6. The molecule has 2 aromatic rings. The minimum atomic E-state index is -0.806. The van der Waals surface area contributed by atoms with E-state index in [1.807, 2.05) is 55.5 Å². The third-order valence-electron chi connectivity index (χ3n) is 6.27. The van der Waals surface area contributed by atoms with Crippen LogP contribution in [0.25, 0.3) is 0 Å². The van der Waals surface area contributed by atoms with Crippen LogP contribution in [0.5, 0.6) is 0 Å². The summed E-state index contributed by atoms with van der Waals surface area (Å²) in [6.07, 6.45) is -0.0754. The summed E-state index contributed by atoms with van der Waals surface area (Å²) in [4.78, 5) is 44.2. The highest BCUT2D eigenvalue weighted by molar-refractivity contribution is 6.30. The van der Waals surface area contributed by atoms with Crippen LogP contribution in [0.1, 0.15) is 12.0 Å². The maximum atomic E-state index is 13.1. The zero-order chi connectivity index (χ0) is 24.1. The number of nitrogens with zero attached hydrogens (tertiary/aromatic N) is 3. The molecule has 2 fully saturated rings. The van der Waals surface area contributed by atoms with E-state index in [-0.39, 0.29) is 30.7 Å². The van der Waals surface area contributed by atoms with Crippen molar-refractivity contribution in [2.24, 2.45) is 0 Å². The quantitative estimate of drug-likeness (QED) is 0.657. The summed E-state index contributed by atoms with van der Waals surface area (Å²) >= 11 is 6.11. The topological polar surface area (TPSA) is 85.0 Å². The summed E-state index contributed by atoms with van der Waals surface area (Å²) in [5.74, 6) is -0.706. The lowest BCUT2D eigenvalue weighted by atomic mass is 10.1. The fraction of sp³-hybridized carbons (Fsp3) is 0.400. The molecule has 4 rings (SSSR count). The highest BCUT2D eigenvalue weighted by Crippen LogP contribution is 2.21. The highest BCUT2D eigenvalue weighted by Gasteiger charge is 2.35. The van der Waals surface area contributed by atoms with Crippen LogP contribution in [0.2, 0.25) is 5.02 Å². The summed E-state index contributed by atoms with van der Waals surface area (Å²) in [5, 5.41) is 6.31. The summed E-state index contributed by atoms with van der Waals surface area (Å²) in [6.45, 7) is 6.03. The molecule has 9 heteroatoms. The number of benzene rings is 2. The van der Waals surface area contributed by atoms with Crippen LogP contribution in [-0.2, 0) is 14.4 Å². The van der Waals surface area contributed by atoms with Gasteiger partial charge in [0, 0.05) is 55.7 Å². The van der Waals surface area contributed by atoms with Crippen LogP contribution in [0.4, 0.5) is 11.4 Å². The number of amides is 3. The van der Waals surface area contributed by atoms with Gasteiger partial charge >= 0.3 is 0 Å². The lowest BCUT2D eigenvalue weighted by Gasteiger charge is -2.39. The van der Waals surface area contributed by atoms with Crippen molar-refractivity contribution in [1.82, 2.24) is 15.1 Å². The Hall–Kier alpha value is -3.10. The molecule has 2 heterocycles. The van der Waals surface area contributed by atoms with Crippen molar-refractivity contribution in [3.63, 3.8) is 0 Å². The number of carbonyl (C=O) groups excluding carboxylic acids is 3. The van der Waals surface area contributed by atoms with Gasteiger partial charge in [0.25, 0.3) is 0 Å². The number of hydrogen-bond donors (Lipinski definition) is 2. The van der Waals surface area contributed by atoms with E-state index in [4.69, 9.17) is 11.6 Å². The Morgan fingerprint density at radius 3 is 2.50 bits per heavy atom. The SMILES string of the molecule is Cc1ccc(NC(=O)C[C@H]2C(=O)NCCN2C(=O)CN2CCN(c3cccc(Cl)c3)CC2)cc1. The molecule has 0 bridgehead atoms. The van der Waals surface area contributed by atoms with Crippen LogP contribution >= 0.6 is 11.6 Å². The Morgan fingerprint density at radius 1 is 1.06 bits per heavy atom. The lowest BCUT2D eigenvalue weighted by molar-refractivity contribution is -0.145. The van der Waals surface area contributed by atoms with Gasteiger partial charge in [-0.25, -0.2) is 0 Å². The number of halogens is 1. The van der Waals surface area contributed by atoms with Crippen LogP contribution in [0, 0.1) is 6.92 Å². The van der Waals surface area contributed by atoms with Gasteiger partial charge in [0.15, 0.2) is 0 Å². The molecular weight excluding hydrogens is 454 g/mol. The first kappa shape index (κ1) is 24.0. The van der Waals surface area contributed by atoms with Crippen molar-refractivity contribution in [2.45, 2.75) is 19.4 Å². The van der Waals surface area contributed by atoms with Crippen LogP contribution < -0.4 is 15.5 Å². The summed E-state index contributed by atoms with van der Waals surface area (Å²) < 4.78 is 0. The van der Waals surface area contributed by atoms with E-state index in [1.165, 1.54) is 0 Å². The third-order valence-corrected chi connectivity index (χ3v) is 6.50. The van der Waals surface area contributed by atoms with Crippen molar-refractivity contribution in [1.29, 1.82) is 0 Å². The average Bonchev–Trinajstić information content (AvgIpc) is 2.82. The molecular formula is C25H30ClN5O3. The number of nitrogens with one attached hydrogen (secondary N) is 2. The molecule has 1 atom stereocenters. The van der Waals surface area contributed by atoms with E-state index in [0.29, 0.717) is 23.8 Å². The predicted octanol–water partition coefficient (Wildman–Crippen LogP) is 2.13. The fourth-order valence-electron chi connectivity index (χ4n) is 4.36. The average molecular weight is 484 g/mol. The Balaban J connectivity index is 1.32. The van der Waals surface area contributed by atoms with E-state index in [9.17, 15) is 14.4 Å². The monoisotopic (exact) mass is 483 g/mol. The fourth-order valence-corrected chi connectivity index (χ4v) is 4.54. The largest absolute Gasteiger partial charge is 0.369 e. The minimum Gasteiger partial charge on any atom is -0.369 e. The van der Waals surface area contributed by atoms with Crippen LogP contribution in [0.3, 0.4) is 0 Å². The number of carbonyl (C=O) groups is 3. The zero-order valence-corrected chi connectivity index (χ0v) is 20.1. The van der Waals surface area contributed by atoms with E-state index in [0.717, 1.165) is 37.4 Å². The number of rotatable bonds is 6. The molecule has 2 aliphatic heterocycles. The van der Waals surface area contributed by atoms with Crippen molar-refractivity contribution in [3.05, 3.63) is 59.1 Å².